The molecular weight excluding hydrogens is 220 g/mol. The molecule has 1 N–H and O–H groups in total. The average Bonchev–Trinajstić information content (AvgIpc) is 2.31. The first-order chi connectivity index (χ1) is 8.08. The van der Waals surface area contributed by atoms with Crippen molar-refractivity contribution in [3.63, 3.8) is 0 Å². The molecule has 0 radical (unpaired) electrons. The van der Waals surface area contributed by atoms with Gasteiger partial charge in [-0.15, -0.1) is 0 Å². The van der Waals surface area contributed by atoms with Crippen molar-refractivity contribution in [2.45, 2.75) is 19.8 Å². The molecule has 0 aliphatic carbocycles. The molecule has 0 unspecified atom stereocenters. The quantitative estimate of drug-likeness (QED) is 0.792. The Hall–Kier alpha value is -1.55. The van der Waals surface area contributed by atoms with Crippen molar-refractivity contribution in [3.8, 4) is 5.75 Å². The zero-order chi connectivity index (χ0) is 12.8. The second-order valence-corrected chi connectivity index (χ2v) is 3.91. The van der Waals surface area contributed by atoms with Crippen molar-refractivity contribution in [1.29, 1.82) is 0 Å². The van der Waals surface area contributed by atoms with Gasteiger partial charge in [-0.1, -0.05) is 12.1 Å². The molecule has 0 saturated carbocycles. The molecule has 0 fully saturated rings. The van der Waals surface area contributed by atoms with Crippen molar-refractivity contribution in [2.75, 3.05) is 20.3 Å². The van der Waals surface area contributed by atoms with Gasteiger partial charge in [0.1, 0.15) is 12.4 Å². The molecular formula is C13H18O4. The van der Waals surface area contributed by atoms with Gasteiger partial charge in [0.05, 0.1) is 13.7 Å². The van der Waals surface area contributed by atoms with Crippen LogP contribution in [0.15, 0.2) is 18.2 Å². The number of methoxy groups -OCH3 is 1. The summed E-state index contributed by atoms with van der Waals surface area (Å²) >= 11 is 0. The Morgan fingerprint density at radius 3 is 2.71 bits per heavy atom. The fourth-order valence-electron chi connectivity index (χ4n) is 1.56. The van der Waals surface area contributed by atoms with E-state index in [2.05, 4.69) is 0 Å². The van der Waals surface area contributed by atoms with Crippen molar-refractivity contribution in [2.24, 2.45) is 0 Å². The van der Waals surface area contributed by atoms with Gasteiger partial charge >= 0.3 is 5.97 Å². The van der Waals surface area contributed by atoms with E-state index in [9.17, 15) is 9.90 Å². The van der Waals surface area contributed by atoms with Crippen LogP contribution in [0.2, 0.25) is 0 Å². The van der Waals surface area contributed by atoms with Gasteiger partial charge in [0, 0.05) is 12.8 Å². The third-order valence-electron chi connectivity index (χ3n) is 2.61. The summed E-state index contributed by atoms with van der Waals surface area (Å²) in [5.41, 5.74) is 1.93. The van der Waals surface area contributed by atoms with Crippen LogP contribution in [-0.4, -0.2) is 31.4 Å². The van der Waals surface area contributed by atoms with Crippen LogP contribution in [-0.2, 0) is 9.53 Å². The summed E-state index contributed by atoms with van der Waals surface area (Å²) in [4.78, 5) is 10.7. The van der Waals surface area contributed by atoms with E-state index >= 15 is 0 Å². The number of aliphatic hydroxyl groups excluding tert-OH is 1. The summed E-state index contributed by atoms with van der Waals surface area (Å²) in [5.74, 6) is 0.208. The van der Waals surface area contributed by atoms with Crippen molar-refractivity contribution >= 4 is 5.97 Å². The Morgan fingerprint density at radius 2 is 2.18 bits per heavy atom. The zero-order valence-electron chi connectivity index (χ0n) is 10.4. The van der Waals surface area contributed by atoms with Gasteiger partial charge in [0.25, 0.3) is 0 Å². The lowest BCUT2D eigenvalue weighted by atomic mass is 9.99. The van der Waals surface area contributed by atoms with E-state index in [0.29, 0.717) is 0 Å². The Labute approximate surface area is 101 Å². The summed E-state index contributed by atoms with van der Waals surface area (Å²) in [6.07, 6.45) is 0. The van der Waals surface area contributed by atoms with Crippen LogP contribution in [0.4, 0.5) is 0 Å². The largest absolute Gasteiger partial charge is 0.496 e. The minimum Gasteiger partial charge on any atom is -0.496 e. The molecule has 1 atom stereocenters. The predicted octanol–water partition coefficient (Wildman–Crippen LogP) is 1.64. The normalized spacial score (nSPS) is 12.0. The molecule has 4 heteroatoms. The highest BCUT2D eigenvalue weighted by Gasteiger charge is 2.13. The summed E-state index contributed by atoms with van der Waals surface area (Å²) in [6, 6.07) is 5.69. The van der Waals surface area contributed by atoms with Crippen molar-refractivity contribution < 1.29 is 19.4 Å². The van der Waals surface area contributed by atoms with Gasteiger partial charge < -0.3 is 14.6 Å². The van der Waals surface area contributed by atoms with Crippen molar-refractivity contribution in [3.05, 3.63) is 29.3 Å². The van der Waals surface area contributed by atoms with Gasteiger partial charge in [-0.2, -0.15) is 0 Å². The van der Waals surface area contributed by atoms with Crippen LogP contribution in [0.1, 0.15) is 24.0 Å². The molecule has 17 heavy (non-hydrogen) atoms. The average molecular weight is 238 g/mol. The Morgan fingerprint density at radius 1 is 1.47 bits per heavy atom. The lowest BCUT2D eigenvalue weighted by Gasteiger charge is -2.16. The lowest BCUT2D eigenvalue weighted by molar-refractivity contribution is -0.141. The monoisotopic (exact) mass is 238 g/mol. The fourth-order valence-corrected chi connectivity index (χ4v) is 1.56. The topological polar surface area (TPSA) is 55.8 Å². The number of hydrogen-bond acceptors (Lipinski definition) is 4. The number of hydrogen-bond donors (Lipinski definition) is 1. The second-order valence-electron chi connectivity index (χ2n) is 3.91. The van der Waals surface area contributed by atoms with Crippen LogP contribution < -0.4 is 4.74 Å². The van der Waals surface area contributed by atoms with E-state index in [4.69, 9.17) is 9.47 Å². The van der Waals surface area contributed by atoms with Gasteiger partial charge in [0.2, 0.25) is 0 Å². The van der Waals surface area contributed by atoms with Gasteiger partial charge in [-0.25, -0.2) is 0 Å². The van der Waals surface area contributed by atoms with Crippen LogP contribution in [0, 0.1) is 6.92 Å². The molecule has 0 aromatic heterocycles. The third kappa shape index (κ3) is 3.75. The maximum absolute atomic E-state index is 10.7. The summed E-state index contributed by atoms with van der Waals surface area (Å²) in [6.45, 7) is 3.41. The standard InChI is InChI=1S/C13H18O4/c1-9-4-5-11(6-13(9)16-3)12(7-14)8-17-10(2)15/h4-6,12,14H,7-8H2,1-3H3/t12-/m0/s1. The van der Waals surface area contributed by atoms with E-state index in [0.717, 1.165) is 16.9 Å². The molecule has 0 heterocycles. The summed E-state index contributed by atoms with van der Waals surface area (Å²) in [7, 11) is 1.60. The Bertz CT molecular complexity index is 387. The Balaban J connectivity index is 2.84. The number of ether oxygens (including phenoxy) is 2. The van der Waals surface area contributed by atoms with E-state index in [1.165, 1.54) is 6.92 Å². The Kier molecular flexibility index (Phi) is 4.97. The molecule has 1 aromatic rings. The fraction of sp³-hybridized carbons (Fsp3) is 0.462. The number of aliphatic hydroxyl groups is 1. The zero-order valence-corrected chi connectivity index (χ0v) is 10.4. The number of esters is 1. The molecule has 0 aliphatic rings. The third-order valence-corrected chi connectivity index (χ3v) is 2.61. The number of carbonyl (C=O) groups is 1. The van der Waals surface area contributed by atoms with Gasteiger partial charge in [-0.05, 0) is 24.1 Å². The van der Waals surface area contributed by atoms with Crippen LogP contribution in [0.3, 0.4) is 0 Å². The number of benzene rings is 1. The molecule has 0 spiro atoms. The number of aryl methyl sites for hydroxylation is 1. The molecule has 94 valence electrons. The molecule has 0 bridgehead atoms. The second kappa shape index (κ2) is 6.25. The summed E-state index contributed by atoms with van der Waals surface area (Å²) in [5, 5.41) is 9.29. The first-order valence-corrected chi connectivity index (χ1v) is 5.47. The van der Waals surface area contributed by atoms with Crippen molar-refractivity contribution in [1.82, 2.24) is 0 Å². The van der Waals surface area contributed by atoms with E-state index < -0.39 is 0 Å². The highest BCUT2D eigenvalue weighted by Crippen LogP contribution is 2.24. The van der Waals surface area contributed by atoms with Gasteiger partial charge in [-0.3, -0.25) is 4.79 Å². The molecule has 0 aliphatic heterocycles. The SMILES string of the molecule is COc1cc([C@@H](CO)COC(C)=O)ccc1C. The van der Waals surface area contributed by atoms with E-state index in [-0.39, 0.29) is 25.1 Å². The number of rotatable bonds is 5. The molecule has 4 nitrogen and oxygen atoms in total. The molecule has 1 rings (SSSR count). The van der Waals surface area contributed by atoms with Crippen LogP contribution in [0.5, 0.6) is 5.75 Å². The summed E-state index contributed by atoms with van der Waals surface area (Å²) < 4.78 is 10.1. The highest BCUT2D eigenvalue weighted by atomic mass is 16.5. The van der Waals surface area contributed by atoms with Crippen LogP contribution >= 0.6 is 0 Å². The maximum Gasteiger partial charge on any atom is 0.302 e. The van der Waals surface area contributed by atoms with Gasteiger partial charge in [0.15, 0.2) is 0 Å². The first-order valence-electron chi connectivity index (χ1n) is 5.47. The lowest BCUT2D eigenvalue weighted by Crippen LogP contribution is -2.14. The molecule has 0 saturated heterocycles. The van der Waals surface area contributed by atoms with Crippen LogP contribution in [0.25, 0.3) is 0 Å². The molecule has 0 amide bonds. The minimum absolute atomic E-state index is 0.0699. The minimum atomic E-state index is -0.345. The first kappa shape index (κ1) is 13.5. The van der Waals surface area contributed by atoms with E-state index in [1.54, 1.807) is 7.11 Å². The number of carbonyl (C=O) groups excluding carboxylic acids is 1. The highest BCUT2D eigenvalue weighted by molar-refractivity contribution is 5.65. The smallest absolute Gasteiger partial charge is 0.302 e. The molecule has 1 aromatic carbocycles. The predicted molar refractivity (Wildman–Crippen MR) is 64.2 cm³/mol. The maximum atomic E-state index is 10.7. The van der Waals surface area contributed by atoms with E-state index in [1.807, 2.05) is 25.1 Å².